The molecule has 6 heteroatoms. The lowest BCUT2D eigenvalue weighted by molar-refractivity contribution is 0.101. The molecule has 3 aromatic carbocycles. The van der Waals surface area contributed by atoms with Gasteiger partial charge in [0, 0.05) is 16.8 Å². The van der Waals surface area contributed by atoms with Crippen LogP contribution >= 0.6 is 0 Å². The van der Waals surface area contributed by atoms with Crippen LogP contribution in [0.3, 0.4) is 0 Å². The van der Waals surface area contributed by atoms with Gasteiger partial charge in [-0.25, -0.2) is 0 Å². The molecule has 0 aliphatic heterocycles. The monoisotopic (exact) mass is 390 g/mol. The van der Waals surface area contributed by atoms with E-state index in [0.717, 1.165) is 5.75 Å². The third kappa shape index (κ3) is 5.13. The molecule has 3 rings (SSSR count). The predicted octanol–water partition coefficient (Wildman–Crippen LogP) is 4.60. The fourth-order valence-corrected chi connectivity index (χ4v) is 2.72. The Hall–Kier alpha value is -3.80. The number of nitrogens with one attached hydrogen (secondary N) is 2. The molecule has 2 amide bonds. The number of rotatable bonds is 7. The molecule has 0 bridgehead atoms. The normalized spacial score (nSPS) is 10.1. The fraction of sp³-hybridized carbons (Fsp3) is 0.130. The molecular weight excluding hydrogens is 368 g/mol. The van der Waals surface area contributed by atoms with Gasteiger partial charge in [0.05, 0.1) is 19.4 Å². The summed E-state index contributed by atoms with van der Waals surface area (Å²) in [5, 5.41) is 5.63. The number of anilines is 2. The number of ether oxygens (including phenoxy) is 2. The number of benzene rings is 3. The van der Waals surface area contributed by atoms with Gasteiger partial charge in [0.25, 0.3) is 11.8 Å². The average molecular weight is 390 g/mol. The molecule has 6 nitrogen and oxygen atoms in total. The minimum atomic E-state index is -0.265. The highest BCUT2D eigenvalue weighted by atomic mass is 16.5. The van der Waals surface area contributed by atoms with Crippen LogP contribution in [0.15, 0.2) is 72.8 Å². The lowest BCUT2D eigenvalue weighted by Gasteiger charge is -2.10. The summed E-state index contributed by atoms with van der Waals surface area (Å²) in [6, 6.07) is 20.8. The Morgan fingerprint density at radius 2 is 1.38 bits per heavy atom. The molecule has 0 aliphatic carbocycles. The number of para-hydroxylation sites is 2. The topological polar surface area (TPSA) is 76.7 Å². The number of hydrogen-bond acceptors (Lipinski definition) is 4. The summed E-state index contributed by atoms with van der Waals surface area (Å²) in [5.41, 5.74) is 2.17. The van der Waals surface area contributed by atoms with E-state index in [9.17, 15) is 9.59 Å². The zero-order chi connectivity index (χ0) is 20.6. The SMILES string of the molecule is CCOc1ccc(C(=O)Nc2ccc(C(=O)Nc3ccccc3OC)cc2)cc1. The van der Waals surface area contributed by atoms with Crippen LogP contribution in [0.1, 0.15) is 27.6 Å². The van der Waals surface area contributed by atoms with Crippen LogP contribution in [0.4, 0.5) is 11.4 Å². The maximum absolute atomic E-state index is 12.5. The lowest BCUT2D eigenvalue weighted by atomic mass is 10.1. The van der Waals surface area contributed by atoms with Crippen LogP contribution < -0.4 is 20.1 Å². The van der Waals surface area contributed by atoms with Crippen molar-refractivity contribution < 1.29 is 19.1 Å². The number of carbonyl (C=O) groups is 2. The molecule has 0 aliphatic rings. The van der Waals surface area contributed by atoms with E-state index < -0.39 is 0 Å². The first kappa shape index (κ1) is 19.9. The van der Waals surface area contributed by atoms with Crippen molar-refractivity contribution in [2.75, 3.05) is 24.4 Å². The minimum Gasteiger partial charge on any atom is -0.495 e. The van der Waals surface area contributed by atoms with Crippen LogP contribution in [-0.2, 0) is 0 Å². The molecule has 0 saturated heterocycles. The Balaban J connectivity index is 1.63. The summed E-state index contributed by atoms with van der Waals surface area (Å²) in [6.45, 7) is 2.48. The number of methoxy groups -OCH3 is 1. The van der Waals surface area contributed by atoms with Gasteiger partial charge in [0.15, 0.2) is 0 Å². The molecule has 3 aromatic rings. The Labute approximate surface area is 169 Å². The smallest absolute Gasteiger partial charge is 0.255 e. The van der Waals surface area contributed by atoms with Gasteiger partial charge in [-0.3, -0.25) is 9.59 Å². The van der Waals surface area contributed by atoms with Crippen molar-refractivity contribution in [1.82, 2.24) is 0 Å². The molecule has 0 radical (unpaired) electrons. The summed E-state index contributed by atoms with van der Waals surface area (Å²) in [5.74, 6) is 0.799. The number of hydrogen-bond donors (Lipinski definition) is 2. The van der Waals surface area contributed by atoms with E-state index in [1.165, 1.54) is 0 Å². The van der Waals surface area contributed by atoms with E-state index >= 15 is 0 Å². The van der Waals surface area contributed by atoms with Crippen LogP contribution in [0.25, 0.3) is 0 Å². The fourth-order valence-electron chi connectivity index (χ4n) is 2.72. The Kier molecular flexibility index (Phi) is 6.47. The molecular formula is C23H22N2O4. The highest BCUT2D eigenvalue weighted by molar-refractivity contribution is 6.06. The summed E-state index contributed by atoms with van der Waals surface area (Å²) in [7, 11) is 1.55. The summed E-state index contributed by atoms with van der Waals surface area (Å²) in [4.78, 5) is 24.8. The molecule has 0 spiro atoms. The number of carbonyl (C=O) groups excluding carboxylic acids is 2. The predicted molar refractivity (Wildman–Crippen MR) is 113 cm³/mol. The maximum atomic E-state index is 12.5. The van der Waals surface area contributed by atoms with Gasteiger partial charge in [0.1, 0.15) is 11.5 Å². The highest BCUT2D eigenvalue weighted by Crippen LogP contribution is 2.24. The first-order valence-electron chi connectivity index (χ1n) is 9.19. The maximum Gasteiger partial charge on any atom is 0.255 e. The van der Waals surface area contributed by atoms with E-state index in [1.807, 2.05) is 19.1 Å². The summed E-state index contributed by atoms with van der Waals surface area (Å²) < 4.78 is 10.6. The standard InChI is InChI=1S/C23H22N2O4/c1-3-29-19-14-10-17(11-15-19)22(26)24-18-12-8-16(9-13-18)23(27)25-20-6-4-5-7-21(20)28-2/h4-15H,3H2,1-2H3,(H,24,26)(H,25,27). The molecule has 0 unspecified atom stereocenters. The molecule has 0 heterocycles. The molecule has 29 heavy (non-hydrogen) atoms. The zero-order valence-corrected chi connectivity index (χ0v) is 16.3. The summed E-state index contributed by atoms with van der Waals surface area (Å²) >= 11 is 0. The van der Waals surface area contributed by atoms with Crippen molar-refractivity contribution in [3.8, 4) is 11.5 Å². The first-order chi connectivity index (χ1) is 14.1. The van der Waals surface area contributed by atoms with Crippen molar-refractivity contribution in [2.45, 2.75) is 6.92 Å². The lowest BCUT2D eigenvalue weighted by Crippen LogP contribution is -2.14. The van der Waals surface area contributed by atoms with E-state index in [1.54, 1.807) is 67.8 Å². The van der Waals surface area contributed by atoms with Crippen molar-refractivity contribution in [3.63, 3.8) is 0 Å². The molecule has 0 fully saturated rings. The number of amides is 2. The van der Waals surface area contributed by atoms with Crippen molar-refractivity contribution >= 4 is 23.2 Å². The van der Waals surface area contributed by atoms with Gasteiger partial charge in [-0.1, -0.05) is 12.1 Å². The van der Waals surface area contributed by atoms with Crippen LogP contribution in [0.5, 0.6) is 11.5 Å². The average Bonchev–Trinajstić information content (AvgIpc) is 2.75. The van der Waals surface area contributed by atoms with Crippen molar-refractivity contribution in [1.29, 1.82) is 0 Å². The molecule has 0 saturated carbocycles. The van der Waals surface area contributed by atoms with E-state index in [0.29, 0.717) is 34.9 Å². The minimum absolute atomic E-state index is 0.237. The Morgan fingerprint density at radius 1 is 0.793 bits per heavy atom. The van der Waals surface area contributed by atoms with E-state index in [-0.39, 0.29) is 11.8 Å². The van der Waals surface area contributed by atoms with Crippen LogP contribution in [0, 0.1) is 0 Å². The Morgan fingerprint density at radius 3 is 2.00 bits per heavy atom. The molecule has 148 valence electrons. The second-order valence-electron chi connectivity index (χ2n) is 6.14. The van der Waals surface area contributed by atoms with Crippen LogP contribution in [-0.4, -0.2) is 25.5 Å². The van der Waals surface area contributed by atoms with Gasteiger partial charge < -0.3 is 20.1 Å². The van der Waals surface area contributed by atoms with Gasteiger partial charge >= 0.3 is 0 Å². The summed E-state index contributed by atoms with van der Waals surface area (Å²) in [6.07, 6.45) is 0. The zero-order valence-electron chi connectivity index (χ0n) is 16.3. The van der Waals surface area contributed by atoms with Gasteiger partial charge in [-0.05, 0) is 67.6 Å². The van der Waals surface area contributed by atoms with E-state index in [2.05, 4.69) is 10.6 Å². The second kappa shape index (κ2) is 9.41. The van der Waals surface area contributed by atoms with Crippen molar-refractivity contribution in [2.24, 2.45) is 0 Å². The van der Waals surface area contributed by atoms with Gasteiger partial charge in [0.2, 0.25) is 0 Å². The van der Waals surface area contributed by atoms with Crippen molar-refractivity contribution in [3.05, 3.63) is 83.9 Å². The first-order valence-corrected chi connectivity index (χ1v) is 9.19. The second-order valence-corrected chi connectivity index (χ2v) is 6.14. The van der Waals surface area contributed by atoms with Crippen LogP contribution in [0.2, 0.25) is 0 Å². The van der Waals surface area contributed by atoms with Gasteiger partial charge in [-0.15, -0.1) is 0 Å². The largest absolute Gasteiger partial charge is 0.495 e. The third-order valence-corrected chi connectivity index (χ3v) is 4.19. The Bertz CT molecular complexity index is 983. The molecule has 0 atom stereocenters. The van der Waals surface area contributed by atoms with Gasteiger partial charge in [-0.2, -0.15) is 0 Å². The van der Waals surface area contributed by atoms with E-state index in [4.69, 9.17) is 9.47 Å². The highest BCUT2D eigenvalue weighted by Gasteiger charge is 2.11. The molecule has 0 aromatic heterocycles. The quantitative estimate of drug-likeness (QED) is 0.618. The third-order valence-electron chi connectivity index (χ3n) is 4.19. The molecule has 2 N–H and O–H groups in total.